The molecule has 5 rings (SSSR count). The Hall–Kier alpha value is -2.97. The zero-order valence-corrected chi connectivity index (χ0v) is 17.6. The van der Waals surface area contributed by atoms with Crippen molar-refractivity contribution < 1.29 is 8.42 Å². The Balaban J connectivity index is 1.41. The average molecular weight is 422 g/mol. The van der Waals surface area contributed by atoms with Crippen LogP contribution in [0, 0.1) is 6.92 Å². The molecule has 0 radical (unpaired) electrons. The minimum Gasteiger partial charge on any atom is -0.353 e. The molecule has 7 nitrogen and oxygen atoms in total. The first-order valence-electron chi connectivity index (χ1n) is 10.0. The predicted octanol–water partition coefficient (Wildman–Crippen LogP) is 2.84. The summed E-state index contributed by atoms with van der Waals surface area (Å²) in [6.07, 6.45) is 0. The van der Waals surface area contributed by atoms with Crippen LogP contribution in [-0.2, 0) is 15.8 Å². The molecule has 8 heteroatoms. The van der Waals surface area contributed by atoms with Crippen LogP contribution in [0.25, 0.3) is 16.6 Å². The highest BCUT2D eigenvalue weighted by Gasteiger charge is 2.28. The number of aromatic nitrogens is 3. The zero-order valence-electron chi connectivity index (χ0n) is 16.8. The second-order valence-corrected chi connectivity index (χ2v) is 9.61. The minimum absolute atomic E-state index is 0.0378. The van der Waals surface area contributed by atoms with E-state index in [0.29, 0.717) is 26.2 Å². The van der Waals surface area contributed by atoms with Crippen LogP contribution in [0.3, 0.4) is 0 Å². The summed E-state index contributed by atoms with van der Waals surface area (Å²) in [5, 5.41) is 5.58. The number of para-hydroxylation sites is 1. The molecule has 4 aromatic rings. The van der Waals surface area contributed by atoms with Gasteiger partial charge < -0.3 is 4.90 Å². The summed E-state index contributed by atoms with van der Waals surface area (Å²) >= 11 is 0. The molecule has 0 N–H and O–H groups in total. The van der Waals surface area contributed by atoms with E-state index in [-0.39, 0.29) is 5.75 Å². The molecule has 1 aliphatic heterocycles. The molecule has 0 saturated carbocycles. The highest BCUT2D eigenvalue weighted by molar-refractivity contribution is 7.88. The van der Waals surface area contributed by atoms with E-state index in [2.05, 4.69) is 10.00 Å². The maximum Gasteiger partial charge on any atom is 0.218 e. The maximum atomic E-state index is 12.9. The standard InChI is InChI=1S/C22H23N5O2S/c1-17-15-21-23-22(19-9-5-6-10-20(19)27(21)24-17)25-11-13-26(14-12-25)30(28,29)16-18-7-3-2-4-8-18/h2-10,15H,11-14,16H2,1H3. The van der Waals surface area contributed by atoms with E-state index in [4.69, 9.17) is 4.98 Å². The summed E-state index contributed by atoms with van der Waals surface area (Å²) < 4.78 is 29.2. The van der Waals surface area contributed by atoms with E-state index in [1.807, 2.05) is 72.1 Å². The second-order valence-electron chi connectivity index (χ2n) is 7.64. The Morgan fingerprint density at radius 3 is 2.40 bits per heavy atom. The largest absolute Gasteiger partial charge is 0.353 e. The number of hydrogen-bond acceptors (Lipinski definition) is 5. The highest BCUT2D eigenvalue weighted by atomic mass is 32.2. The number of piperazine rings is 1. The SMILES string of the molecule is Cc1cc2nc(N3CCN(S(=O)(=O)Cc4ccccc4)CC3)c3ccccc3n2n1. The smallest absolute Gasteiger partial charge is 0.218 e. The number of hydrogen-bond donors (Lipinski definition) is 0. The lowest BCUT2D eigenvalue weighted by Crippen LogP contribution is -2.49. The molecule has 0 unspecified atom stereocenters. The molecular formula is C22H23N5O2S. The fourth-order valence-corrected chi connectivity index (χ4v) is 5.57. The fraction of sp³-hybridized carbons (Fsp3) is 0.273. The lowest BCUT2D eigenvalue weighted by atomic mass is 10.2. The summed E-state index contributed by atoms with van der Waals surface area (Å²) in [6, 6.07) is 19.4. The Morgan fingerprint density at radius 2 is 1.63 bits per heavy atom. The Morgan fingerprint density at radius 1 is 0.933 bits per heavy atom. The van der Waals surface area contributed by atoms with Crippen molar-refractivity contribution in [3.63, 3.8) is 0 Å². The molecule has 2 aromatic heterocycles. The summed E-state index contributed by atoms with van der Waals surface area (Å²) in [7, 11) is -3.34. The Kier molecular flexibility index (Phi) is 4.67. The molecule has 30 heavy (non-hydrogen) atoms. The van der Waals surface area contributed by atoms with Crippen molar-refractivity contribution in [2.45, 2.75) is 12.7 Å². The van der Waals surface area contributed by atoms with Crippen molar-refractivity contribution in [3.8, 4) is 0 Å². The van der Waals surface area contributed by atoms with Gasteiger partial charge in [-0.25, -0.2) is 17.9 Å². The first kappa shape index (κ1) is 19.0. The monoisotopic (exact) mass is 421 g/mol. The van der Waals surface area contributed by atoms with E-state index in [0.717, 1.165) is 33.6 Å². The molecule has 1 saturated heterocycles. The van der Waals surface area contributed by atoms with Crippen LogP contribution in [0.15, 0.2) is 60.7 Å². The van der Waals surface area contributed by atoms with Gasteiger partial charge in [-0.15, -0.1) is 0 Å². The number of sulfonamides is 1. The summed E-state index contributed by atoms with van der Waals surface area (Å²) in [4.78, 5) is 7.04. The third-order valence-corrected chi connectivity index (χ3v) is 7.38. The van der Waals surface area contributed by atoms with Crippen LogP contribution in [0.4, 0.5) is 5.82 Å². The van der Waals surface area contributed by atoms with Gasteiger partial charge in [-0.05, 0) is 24.6 Å². The first-order valence-corrected chi connectivity index (χ1v) is 11.6. The van der Waals surface area contributed by atoms with Gasteiger partial charge in [0.15, 0.2) is 5.65 Å². The summed E-state index contributed by atoms with van der Waals surface area (Å²) in [6.45, 7) is 4.07. The first-order chi connectivity index (χ1) is 14.5. The van der Waals surface area contributed by atoms with Crippen LogP contribution in [0.1, 0.15) is 11.3 Å². The fourth-order valence-electron chi connectivity index (χ4n) is 4.05. The summed E-state index contributed by atoms with van der Waals surface area (Å²) in [5.74, 6) is 0.925. The van der Waals surface area contributed by atoms with Crippen molar-refractivity contribution in [2.75, 3.05) is 31.1 Å². The van der Waals surface area contributed by atoms with Gasteiger partial charge in [0.2, 0.25) is 10.0 Å². The maximum absolute atomic E-state index is 12.9. The van der Waals surface area contributed by atoms with E-state index in [9.17, 15) is 8.42 Å². The number of fused-ring (bicyclic) bond motifs is 3. The molecule has 0 bridgehead atoms. The van der Waals surface area contributed by atoms with Crippen LogP contribution in [0.5, 0.6) is 0 Å². The summed E-state index contributed by atoms with van der Waals surface area (Å²) in [5.41, 5.74) is 3.54. The third kappa shape index (κ3) is 3.42. The van der Waals surface area contributed by atoms with Gasteiger partial charge in [-0.3, -0.25) is 0 Å². The van der Waals surface area contributed by atoms with Gasteiger partial charge in [0.25, 0.3) is 0 Å². The molecule has 0 amide bonds. The van der Waals surface area contributed by atoms with Crippen molar-refractivity contribution in [2.24, 2.45) is 0 Å². The zero-order chi connectivity index (χ0) is 20.7. The highest BCUT2D eigenvalue weighted by Crippen LogP contribution is 2.27. The molecule has 0 spiro atoms. The molecule has 1 aliphatic rings. The third-order valence-electron chi connectivity index (χ3n) is 5.53. The molecule has 2 aromatic carbocycles. The minimum atomic E-state index is -3.34. The van der Waals surface area contributed by atoms with Gasteiger partial charge in [-0.1, -0.05) is 42.5 Å². The van der Waals surface area contributed by atoms with E-state index in [1.54, 1.807) is 4.31 Å². The quantitative estimate of drug-likeness (QED) is 0.507. The van der Waals surface area contributed by atoms with E-state index >= 15 is 0 Å². The van der Waals surface area contributed by atoms with Gasteiger partial charge in [0.05, 0.1) is 17.0 Å². The number of aryl methyl sites for hydroxylation is 1. The van der Waals surface area contributed by atoms with Gasteiger partial charge in [-0.2, -0.15) is 9.40 Å². The van der Waals surface area contributed by atoms with E-state index < -0.39 is 10.0 Å². The van der Waals surface area contributed by atoms with Crippen molar-refractivity contribution in [1.82, 2.24) is 18.9 Å². The Bertz CT molecular complexity index is 1310. The van der Waals surface area contributed by atoms with Crippen molar-refractivity contribution in [3.05, 3.63) is 71.9 Å². The number of nitrogens with zero attached hydrogens (tertiary/aromatic N) is 5. The van der Waals surface area contributed by atoms with Crippen molar-refractivity contribution in [1.29, 1.82) is 0 Å². The number of rotatable bonds is 4. The van der Waals surface area contributed by atoms with E-state index in [1.165, 1.54) is 0 Å². The van der Waals surface area contributed by atoms with Gasteiger partial charge in [0, 0.05) is 37.6 Å². The lowest BCUT2D eigenvalue weighted by Gasteiger charge is -2.35. The molecule has 3 heterocycles. The normalized spacial score (nSPS) is 15.8. The molecule has 0 atom stereocenters. The molecule has 154 valence electrons. The van der Waals surface area contributed by atoms with Crippen LogP contribution >= 0.6 is 0 Å². The Labute approximate surface area is 175 Å². The van der Waals surface area contributed by atoms with Gasteiger partial charge >= 0.3 is 0 Å². The molecule has 0 aliphatic carbocycles. The molecular weight excluding hydrogens is 398 g/mol. The van der Waals surface area contributed by atoms with Crippen LogP contribution in [-0.4, -0.2) is 53.5 Å². The van der Waals surface area contributed by atoms with Crippen LogP contribution < -0.4 is 4.90 Å². The molecule has 1 fully saturated rings. The van der Waals surface area contributed by atoms with Crippen LogP contribution in [0.2, 0.25) is 0 Å². The second kappa shape index (κ2) is 7.37. The average Bonchev–Trinajstić information content (AvgIpc) is 3.14. The number of anilines is 1. The topological polar surface area (TPSA) is 70.8 Å². The van der Waals surface area contributed by atoms with Crippen molar-refractivity contribution >= 4 is 32.4 Å². The number of benzene rings is 2. The predicted molar refractivity (Wildman–Crippen MR) is 118 cm³/mol. The van der Waals surface area contributed by atoms with Gasteiger partial charge in [0.1, 0.15) is 5.82 Å². The lowest BCUT2D eigenvalue weighted by molar-refractivity contribution is 0.383.